The molecule has 0 unspecified atom stereocenters. The summed E-state index contributed by atoms with van der Waals surface area (Å²) >= 11 is 0. The van der Waals surface area contributed by atoms with Crippen LogP contribution in [0.2, 0.25) is 0 Å². The molecule has 0 aliphatic carbocycles. The smallest absolute Gasteiger partial charge is 0.269 e. The lowest BCUT2D eigenvalue weighted by Gasteiger charge is -2.27. The van der Waals surface area contributed by atoms with Crippen LogP contribution in [0.1, 0.15) is 21.6 Å². The van der Waals surface area contributed by atoms with Crippen molar-refractivity contribution in [3.63, 3.8) is 0 Å². The van der Waals surface area contributed by atoms with Gasteiger partial charge in [0.15, 0.2) is 0 Å². The Kier molecular flexibility index (Phi) is 3.62. The summed E-state index contributed by atoms with van der Waals surface area (Å²) in [5.41, 5.74) is 1.66. The van der Waals surface area contributed by atoms with E-state index in [4.69, 9.17) is 9.47 Å². The number of rotatable bonds is 3. The molecule has 1 amide bonds. The predicted octanol–water partition coefficient (Wildman–Crippen LogP) is 0.919. The summed E-state index contributed by atoms with van der Waals surface area (Å²) in [6.45, 7) is 0.801. The van der Waals surface area contributed by atoms with Crippen molar-refractivity contribution in [3.8, 4) is 11.5 Å². The number of amides is 1. The second kappa shape index (κ2) is 5.59. The normalized spacial score (nSPS) is 13.6. The molecule has 116 valence electrons. The molecule has 7 nitrogen and oxygen atoms in total. The Balaban J connectivity index is 1.96. The fraction of sp³-hybridized carbons (Fsp3) is 0.333. The molecule has 7 heteroatoms. The fourth-order valence-electron chi connectivity index (χ4n) is 2.71. The zero-order chi connectivity index (χ0) is 15.7. The fourth-order valence-corrected chi connectivity index (χ4v) is 2.71. The third kappa shape index (κ3) is 2.24. The highest BCUT2D eigenvalue weighted by Gasteiger charge is 2.28. The van der Waals surface area contributed by atoms with Crippen LogP contribution in [0.5, 0.6) is 11.5 Å². The van der Waals surface area contributed by atoms with E-state index in [2.05, 4.69) is 10.2 Å². The maximum absolute atomic E-state index is 12.8. The number of hydrogen-bond acceptors (Lipinski definition) is 4. The van der Waals surface area contributed by atoms with Gasteiger partial charge < -0.3 is 19.5 Å². The first kappa shape index (κ1) is 14.2. The summed E-state index contributed by atoms with van der Waals surface area (Å²) in [6.07, 6.45) is 0.608. The maximum Gasteiger partial charge on any atom is 0.269 e. The van der Waals surface area contributed by atoms with Crippen molar-refractivity contribution in [2.75, 3.05) is 20.8 Å². The van der Waals surface area contributed by atoms with Crippen molar-refractivity contribution in [1.82, 2.24) is 15.1 Å². The van der Waals surface area contributed by atoms with Crippen LogP contribution in [0, 0.1) is 0 Å². The summed E-state index contributed by atoms with van der Waals surface area (Å²) in [5, 5.41) is 5.40. The lowest BCUT2D eigenvalue weighted by atomic mass is 10.1. The average molecular weight is 303 g/mol. The number of hydrogen-bond donors (Lipinski definition) is 2. The van der Waals surface area contributed by atoms with Crippen LogP contribution in [0.25, 0.3) is 0 Å². The first-order valence-electron chi connectivity index (χ1n) is 6.94. The van der Waals surface area contributed by atoms with E-state index in [1.807, 2.05) is 0 Å². The minimum absolute atomic E-state index is 0.181. The molecule has 0 spiro atoms. The molecule has 22 heavy (non-hydrogen) atoms. The van der Waals surface area contributed by atoms with Gasteiger partial charge in [-0.3, -0.25) is 14.7 Å². The van der Waals surface area contributed by atoms with Crippen LogP contribution in [0.15, 0.2) is 23.0 Å². The number of carbonyl (C=O) groups is 1. The molecule has 0 radical (unpaired) electrons. The number of aromatic amines is 2. The van der Waals surface area contributed by atoms with Gasteiger partial charge in [-0.05, 0) is 12.1 Å². The van der Waals surface area contributed by atoms with E-state index in [1.165, 1.54) is 14.2 Å². The van der Waals surface area contributed by atoms with Crippen LogP contribution in [0.4, 0.5) is 0 Å². The summed E-state index contributed by atoms with van der Waals surface area (Å²) in [6, 6.07) is 5.20. The molecule has 1 aliphatic heterocycles. The highest BCUT2D eigenvalue weighted by atomic mass is 16.5. The third-order valence-corrected chi connectivity index (χ3v) is 3.87. The molecule has 3 rings (SSSR count). The van der Waals surface area contributed by atoms with Crippen molar-refractivity contribution in [2.24, 2.45) is 0 Å². The second-order valence-corrected chi connectivity index (χ2v) is 5.05. The van der Waals surface area contributed by atoms with Crippen LogP contribution < -0.4 is 15.0 Å². The maximum atomic E-state index is 12.8. The third-order valence-electron chi connectivity index (χ3n) is 3.87. The predicted molar refractivity (Wildman–Crippen MR) is 79.4 cm³/mol. The van der Waals surface area contributed by atoms with E-state index in [1.54, 1.807) is 23.1 Å². The van der Waals surface area contributed by atoms with Gasteiger partial charge in [0.05, 0.1) is 26.3 Å². The van der Waals surface area contributed by atoms with Gasteiger partial charge in [0.2, 0.25) is 0 Å². The van der Waals surface area contributed by atoms with Crippen molar-refractivity contribution >= 4 is 5.91 Å². The minimum Gasteiger partial charge on any atom is -0.496 e. The van der Waals surface area contributed by atoms with E-state index in [-0.39, 0.29) is 18.0 Å². The standard InChI is InChI=1S/C15H17N3O4/c1-21-11-4-3-5-12(22-2)13(11)15(20)18-7-6-10-9(8-18)14(19)17-16-10/h3-5H,6-8H2,1-2H3,(H2,16,17,19). The van der Waals surface area contributed by atoms with Crippen LogP contribution in [0.3, 0.4) is 0 Å². The minimum atomic E-state index is -0.208. The molecule has 0 atom stereocenters. The van der Waals surface area contributed by atoms with E-state index in [0.717, 1.165) is 5.69 Å². The molecule has 2 heterocycles. The Hall–Kier alpha value is -2.70. The number of aromatic nitrogens is 2. The molecular formula is C15H17N3O4. The number of nitrogens with zero attached hydrogens (tertiary/aromatic N) is 1. The van der Waals surface area contributed by atoms with Crippen molar-refractivity contribution in [2.45, 2.75) is 13.0 Å². The van der Waals surface area contributed by atoms with Gasteiger partial charge in [-0.15, -0.1) is 0 Å². The largest absolute Gasteiger partial charge is 0.496 e. The summed E-state index contributed by atoms with van der Waals surface area (Å²) < 4.78 is 10.6. The molecule has 2 N–H and O–H groups in total. The van der Waals surface area contributed by atoms with Crippen LogP contribution in [-0.4, -0.2) is 41.8 Å². The second-order valence-electron chi connectivity index (χ2n) is 5.05. The number of fused-ring (bicyclic) bond motifs is 1. The molecule has 1 aromatic heterocycles. The quantitative estimate of drug-likeness (QED) is 0.882. The van der Waals surface area contributed by atoms with Gasteiger partial charge >= 0.3 is 0 Å². The molecular weight excluding hydrogens is 286 g/mol. The number of ether oxygens (including phenoxy) is 2. The van der Waals surface area contributed by atoms with Gasteiger partial charge in [-0.25, -0.2) is 0 Å². The Labute approximate surface area is 126 Å². The van der Waals surface area contributed by atoms with Gasteiger partial charge in [0.25, 0.3) is 11.5 Å². The number of methoxy groups -OCH3 is 2. The highest BCUT2D eigenvalue weighted by Crippen LogP contribution is 2.30. The Bertz CT molecular complexity index is 740. The van der Waals surface area contributed by atoms with E-state index >= 15 is 0 Å². The van der Waals surface area contributed by atoms with Crippen LogP contribution >= 0.6 is 0 Å². The molecule has 0 fully saturated rings. The van der Waals surface area contributed by atoms with E-state index in [0.29, 0.717) is 35.6 Å². The first-order valence-corrected chi connectivity index (χ1v) is 6.94. The highest BCUT2D eigenvalue weighted by molar-refractivity contribution is 5.99. The van der Waals surface area contributed by atoms with E-state index < -0.39 is 0 Å². The molecule has 0 saturated carbocycles. The zero-order valence-corrected chi connectivity index (χ0v) is 12.4. The van der Waals surface area contributed by atoms with Gasteiger partial charge in [0.1, 0.15) is 17.1 Å². The van der Waals surface area contributed by atoms with Crippen molar-refractivity contribution in [1.29, 1.82) is 0 Å². The van der Waals surface area contributed by atoms with Gasteiger partial charge in [0, 0.05) is 18.7 Å². The number of carbonyl (C=O) groups excluding carboxylic acids is 1. The lowest BCUT2D eigenvalue weighted by Crippen LogP contribution is -2.37. The molecule has 2 aromatic rings. The molecule has 0 bridgehead atoms. The topological polar surface area (TPSA) is 87.4 Å². The molecule has 1 aromatic carbocycles. The Morgan fingerprint density at radius 3 is 2.50 bits per heavy atom. The van der Waals surface area contributed by atoms with Crippen LogP contribution in [-0.2, 0) is 13.0 Å². The Morgan fingerprint density at radius 1 is 1.18 bits per heavy atom. The van der Waals surface area contributed by atoms with Gasteiger partial charge in [-0.1, -0.05) is 6.07 Å². The first-order chi connectivity index (χ1) is 10.7. The number of H-pyrrole nitrogens is 2. The van der Waals surface area contributed by atoms with E-state index in [9.17, 15) is 9.59 Å². The summed E-state index contributed by atoms with van der Waals surface area (Å²) in [5.74, 6) is 0.705. The summed E-state index contributed by atoms with van der Waals surface area (Å²) in [4.78, 5) is 26.2. The Morgan fingerprint density at radius 2 is 1.86 bits per heavy atom. The van der Waals surface area contributed by atoms with Crippen molar-refractivity contribution in [3.05, 3.63) is 45.4 Å². The number of nitrogens with one attached hydrogen (secondary N) is 2. The van der Waals surface area contributed by atoms with Crippen molar-refractivity contribution < 1.29 is 14.3 Å². The summed E-state index contributed by atoms with van der Waals surface area (Å²) in [7, 11) is 3.02. The average Bonchev–Trinajstić information content (AvgIpc) is 2.94. The van der Waals surface area contributed by atoms with Gasteiger partial charge in [-0.2, -0.15) is 0 Å². The number of benzene rings is 1. The monoisotopic (exact) mass is 303 g/mol. The lowest BCUT2D eigenvalue weighted by molar-refractivity contribution is 0.0727. The molecule has 1 aliphatic rings. The molecule has 0 saturated heterocycles. The zero-order valence-electron chi connectivity index (χ0n) is 12.4. The SMILES string of the molecule is COc1cccc(OC)c1C(=O)N1CCc2[nH][nH]c(=O)c2C1.